The largest absolute Gasteiger partial charge is 0.497 e. The van der Waals surface area contributed by atoms with Crippen LogP contribution in [0.3, 0.4) is 0 Å². The van der Waals surface area contributed by atoms with Crippen LogP contribution in [0.25, 0.3) is 0 Å². The van der Waals surface area contributed by atoms with Gasteiger partial charge in [-0.2, -0.15) is 0 Å². The number of rotatable bonds is 4. The highest BCUT2D eigenvalue weighted by Crippen LogP contribution is 2.28. The number of hydrogen-bond acceptors (Lipinski definition) is 2. The van der Waals surface area contributed by atoms with E-state index < -0.39 is 0 Å². The molecule has 0 heterocycles. The van der Waals surface area contributed by atoms with Crippen LogP contribution in [0, 0.1) is 12.7 Å². The fraction of sp³-hybridized carbons (Fsp3) is 0.250. The predicted molar refractivity (Wildman–Crippen MR) is 83.9 cm³/mol. The van der Waals surface area contributed by atoms with E-state index >= 15 is 0 Å². The third-order valence-electron chi connectivity index (χ3n) is 3.26. The summed E-state index contributed by atoms with van der Waals surface area (Å²) < 4.78 is 19.0. The van der Waals surface area contributed by atoms with Gasteiger partial charge in [0, 0.05) is 11.7 Å². The van der Waals surface area contributed by atoms with Gasteiger partial charge in [-0.15, -0.1) is 0 Å². The summed E-state index contributed by atoms with van der Waals surface area (Å²) in [4.78, 5) is 0. The molecule has 2 rings (SSSR count). The summed E-state index contributed by atoms with van der Waals surface area (Å²) in [5.41, 5.74) is 2.94. The van der Waals surface area contributed by atoms with Crippen molar-refractivity contribution in [3.05, 3.63) is 57.8 Å². The Hall–Kier alpha value is -1.55. The Morgan fingerprint density at radius 3 is 2.45 bits per heavy atom. The van der Waals surface area contributed by atoms with E-state index in [1.54, 1.807) is 13.2 Å². The van der Waals surface area contributed by atoms with Gasteiger partial charge >= 0.3 is 0 Å². The van der Waals surface area contributed by atoms with Crippen LogP contribution in [-0.2, 0) is 0 Å². The van der Waals surface area contributed by atoms with Crippen LogP contribution < -0.4 is 10.1 Å². The molecule has 0 spiro atoms. The molecule has 2 aromatic carbocycles. The normalized spacial score (nSPS) is 12.1. The number of halogens is 2. The maximum atomic E-state index is 13.4. The zero-order valence-corrected chi connectivity index (χ0v) is 13.3. The van der Waals surface area contributed by atoms with Crippen LogP contribution in [-0.4, -0.2) is 7.11 Å². The van der Waals surface area contributed by atoms with Gasteiger partial charge in [0.05, 0.1) is 11.6 Å². The average Bonchev–Trinajstić information content (AvgIpc) is 2.44. The van der Waals surface area contributed by atoms with E-state index in [1.807, 2.05) is 31.2 Å². The fourth-order valence-electron chi connectivity index (χ4n) is 2.01. The molecule has 0 aliphatic heterocycles. The molecule has 0 aromatic heterocycles. The molecule has 0 aliphatic rings. The van der Waals surface area contributed by atoms with E-state index in [0.29, 0.717) is 4.47 Å². The van der Waals surface area contributed by atoms with E-state index in [-0.39, 0.29) is 11.9 Å². The fourth-order valence-corrected chi connectivity index (χ4v) is 2.35. The van der Waals surface area contributed by atoms with Crippen LogP contribution in [0.1, 0.15) is 24.1 Å². The molecule has 0 amide bonds. The second kappa shape index (κ2) is 6.27. The third kappa shape index (κ3) is 3.31. The Bertz CT molecular complexity index is 598. The van der Waals surface area contributed by atoms with Crippen molar-refractivity contribution >= 4 is 21.6 Å². The van der Waals surface area contributed by atoms with E-state index in [2.05, 4.69) is 28.2 Å². The summed E-state index contributed by atoms with van der Waals surface area (Å²) >= 11 is 3.21. The molecule has 0 saturated carbocycles. The van der Waals surface area contributed by atoms with E-state index in [0.717, 1.165) is 22.6 Å². The van der Waals surface area contributed by atoms with Gasteiger partial charge < -0.3 is 10.1 Å². The van der Waals surface area contributed by atoms with Gasteiger partial charge in [0.1, 0.15) is 11.6 Å². The quantitative estimate of drug-likeness (QED) is 0.840. The van der Waals surface area contributed by atoms with Crippen LogP contribution >= 0.6 is 15.9 Å². The van der Waals surface area contributed by atoms with Crippen LogP contribution in [0.5, 0.6) is 5.75 Å². The van der Waals surface area contributed by atoms with Crippen molar-refractivity contribution in [3.63, 3.8) is 0 Å². The second-order valence-corrected chi connectivity index (χ2v) is 5.57. The summed E-state index contributed by atoms with van der Waals surface area (Å²) in [5.74, 6) is 0.590. The topological polar surface area (TPSA) is 21.3 Å². The zero-order valence-electron chi connectivity index (χ0n) is 11.7. The van der Waals surface area contributed by atoms with Gasteiger partial charge in [0.25, 0.3) is 0 Å². The van der Waals surface area contributed by atoms with Gasteiger partial charge in [0.15, 0.2) is 0 Å². The van der Waals surface area contributed by atoms with Gasteiger partial charge in [-0.05, 0) is 65.2 Å². The van der Waals surface area contributed by atoms with Crippen molar-refractivity contribution in [1.29, 1.82) is 0 Å². The molecule has 4 heteroatoms. The van der Waals surface area contributed by atoms with E-state index in [1.165, 1.54) is 6.07 Å². The highest BCUT2D eigenvalue weighted by atomic mass is 79.9. The van der Waals surface area contributed by atoms with Crippen molar-refractivity contribution in [2.75, 3.05) is 12.4 Å². The molecule has 1 atom stereocenters. The summed E-state index contributed by atoms with van der Waals surface area (Å²) in [7, 11) is 1.65. The number of hydrogen-bond donors (Lipinski definition) is 1. The SMILES string of the molecule is COc1ccc(C(C)Nc2cc(Br)c(F)cc2C)cc1. The molecule has 1 unspecified atom stereocenters. The summed E-state index contributed by atoms with van der Waals surface area (Å²) in [6.45, 7) is 3.96. The van der Waals surface area contributed by atoms with E-state index in [4.69, 9.17) is 4.74 Å². The van der Waals surface area contributed by atoms with Crippen molar-refractivity contribution < 1.29 is 9.13 Å². The minimum atomic E-state index is -0.245. The first-order valence-electron chi connectivity index (χ1n) is 6.37. The highest BCUT2D eigenvalue weighted by Gasteiger charge is 2.10. The zero-order chi connectivity index (χ0) is 14.7. The molecular formula is C16H17BrFNO. The monoisotopic (exact) mass is 337 g/mol. The number of ether oxygens (including phenoxy) is 1. The minimum Gasteiger partial charge on any atom is -0.497 e. The number of methoxy groups -OCH3 is 1. The Balaban J connectivity index is 2.18. The Labute approximate surface area is 127 Å². The Morgan fingerprint density at radius 2 is 1.85 bits per heavy atom. The number of anilines is 1. The molecule has 0 fully saturated rings. The predicted octanol–water partition coefficient (Wildman–Crippen LogP) is 5.08. The van der Waals surface area contributed by atoms with Crippen LogP contribution in [0.4, 0.5) is 10.1 Å². The molecule has 1 N–H and O–H groups in total. The van der Waals surface area contributed by atoms with Gasteiger partial charge in [-0.1, -0.05) is 12.1 Å². The molecule has 2 aromatic rings. The smallest absolute Gasteiger partial charge is 0.137 e. The first-order chi connectivity index (χ1) is 9.51. The van der Waals surface area contributed by atoms with Gasteiger partial charge in [-0.3, -0.25) is 0 Å². The number of benzene rings is 2. The first-order valence-corrected chi connectivity index (χ1v) is 7.16. The lowest BCUT2D eigenvalue weighted by molar-refractivity contribution is 0.414. The first kappa shape index (κ1) is 14.9. The Morgan fingerprint density at radius 1 is 1.20 bits per heavy atom. The minimum absolute atomic E-state index is 0.122. The summed E-state index contributed by atoms with van der Waals surface area (Å²) in [6, 6.07) is 11.3. The molecule has 2 nitrogen and oxygen atoms in total. The highest BCUT2D eigenvalue weighted by molar-refractivity contribution is 9.10. The molecule has 0 aliphatic carbocycles. The summed E-state index contributed by atoms with van der Waals surface area (Å²) in [5, 5.41) is 3.39. The third-order valence-corrected chi connectivity index (χ3v) is 3.86. The maximum absolute atomic E-state index is 13.4. The summed E-state index contributed by atoms with van der Waals surface area (Å²) in [6.07, 6.45) is 0. The molecule has 0 radical (unpaired) electrons. The van der Waals surface area contributed by atoms with Crippen molar-refractivity contribution in [3.8, 4) is 5.75 Å². The van der Waals surface area contributed by atoms with Crippen molar-refractivity contribution in [2.24, 2.45) is 0 Å². The lowest BCUT2D eigenvalue weighted by atomic mass is 10.1. The molecule has 20 heavy (non-hydrogen) atoms. The lowest BCUT2D eigenvalue weighted by Gasteiger charge is -2.18. The van der Waals surface area contributed by atoms with Crippen molar-refractivity contribution in [1.82, 2.24) is 0 Å². The van der Waals surface area contributed by atoms with Gasteiger partial charge in [0.2, 0.25) is 0 Å². The Kier molecular flexibility index (Phi) is 4.65. The van der Waals surface area contributed by atoms with Crippen molar-refractivity contribution in [2.45, 2.75) is 19.9 Å². The van der Waals surface area contributed by atoms with Gasteiger partial charge in [-0.25, -0.2) is 4.39 Å². The lowest BCUT2D eigenvalue weighted by Crippen LogP contribution is -2.08. The van der Waals surface area contributed by atoms with Crippen LogP contribution in [0.2, 0.25) is 0 Å². The standard InChI is InChI=1S/C16H17BrFNO/c1-10-8-15(18)14(17)9-16(10)19-11(2)12-4-6-13(20-3)7-5-12/h4-9,11,19H,1-3H3. The van der Waals surface area contributed by atoms with Crippen LogP contribution in [0.15, 0.2) is 40.9 Å². The molecular weight excluding hydrogens is 321 g/mol. The molecule has 106 valence electrons. The molecule has 0 saturated heterocycles. The number of nitrogens with one attached hydrogen (secondary N) is 1. The maximum Gasteiger partial charge on any atom is 0.137 e. The number of aryl methyl sites for hydroxylation is 1. The molecule has 0 bridgehead atoms. The average molecular weight is 338 g/mol. The second-order valence-electron chi connectivity index (χ2n) is 4.72. The van der Waals surface area contributed by atoms with E-state index in [9.17, 15) is 4.39 Å².